The number of rotatable bonds is 3. The Hall–Kier alpha value is -1.38. The van der Waals surface area contributed by atoms with Crippen LogP contribution < -0.4 is 14.2 Å². The zero-order chi connectivity index (χ0) is 12.8. The zero-order valence-electron chi connectivity index (χ0n) is 11.4. The van der Waals surface area contributed by atoms with Gasteiger partial charge in [-0.1, -0.05) is 27.7 Å². The van der Waals surface area contributed by atoms with Crippen molar-refractivity contribution in [2.24, 2.45) is 0 Å². The molecule has 0 atom stereocenters. The first kappa shape index (κ1) is 13.7. The monoisotopic (exact) mass is 238 g/mol. The fourth-order valence-electron chi connectivity index (χ4n) is 1.67. The summed E-state index contributed by atoms with van der Waals surface area (Å²) in [6, 6.07) is 3.93. The fraction of sp³-hybridized carbons (Fsp3) is 0.571. The van der Waals surface area contributed by atoms with Crippen LogP contribution >= 0.6 is 0 Å². The Morgan fingerprint density at radius 3 is 2.29 bits per heavy atom. The molecule has 0 aliphatic carbocycles. The number of ether oxygens (including phenoxy) is 3. The summed E-state index contributed by atoms with van der Waals surface area (Å²) in [6.07, 6.45) is 0. The smallest absolute Gasteiger partial charge is 0.231 e. The summed E-state index contributed by atoms with van der Waals surface area (Å²) in [6.45, 7) is 11.2. The zero-order valence-corrected chi connectivity index (χ0v) is 11.4. The molecular weight excluding hydrogens is 216 g/mol. The number of hydrogen-bond acceptors (Lipinski definition) is 3. The molecule has 0 saturated heterocycles. The third-order valence-electron chi connectivity index (χ3n) is 2.43. The van der Waals surface area contributed by atoms with Crippen molar-refractivity contribution in [2.45, 2.75) is 40.5 Å². The van der Waals surface area contributed by atoms with E-state index in [1.54, 1.807) is 0 Å². The number of benzene rings is 1. The SMILES string of the molecule is CC.CCOc1cc2c(cc1C(C)C)OCO2. The van der Waals surface area contributed by atoms with Gasteiger partial charge in [0, 0.05) is 11.6 Å². The van der Waals surface area contributed by atoms with Crippen molar-refractivity contribution in [2.75, 3.05) is 13.4 Å². The summed E-state index contributed by atoms with van der Waals surface area (Å²) < 4.78 is 16.3. The Kier molecular flexibility index (Phi) is 5.13. The highest BCUT2D eigenvalue weighted by molar-refractivity contribution is 5.52. The van der Waals surface area contributed by atoms with Crippen LogP contribution in [0.15, 0.2) is 12.1 Å². The Balaban J connectivity index is 0.000000686. The Morgan fingerprint density at radius 1 is 1.18 bits per heavy atom. The molecule has 0 saturated carbocycles. The van der Waals surface area contributed by atoms with Crippen LogP contribution in [-0.2, 0) is 0 Å². The summed E-state index contributed by atoms with van der Waals surface area (Å²) in [7, 11) is 0. The summed E-state index contributed by atoms with van der Waals surface area (Å²) >= 11 is 0. The van der Waals surface area contributed by atoms with Crippen LogP contribution in [0.5, 0.6) is 17.2 Å². The molecule has 96 valence electrons. The summed E-state index contributed by atoms with van der Waals surface area (Å²) in [5.74, 6) is 2.92. The van der Waals surface area contributed by atoms with E-state index in [-0.39, 0.29) is 0 Å². The van der Waals surface area contributed by atoms with Crippen LogP contribution in [0.25, 0.3) is 0 Å². The van der Waals surface area contributed by atoms with Gasteiger partial charge in [-0.3, -0.25) is 0 Å². The Morgan fingerprint density at radius 2 is 1.76 bits per heavy atom. The summed E-state index contributed by atoms with van der Waals surface area (Å²) in [5.41, 5.74) is 1.17. The second-order valence-corrected chi connectivity index (χ2v) is 3.83. The molecule has 3 heteroatoms. The maximum absolute atomic E-state index is 5.59. The third kappa shape index (κ3) is 3.05. The lowest BCUT2D eigenvalue weighted by molar-refractivity contribution is 0.173. The van der Waals surface area contributed by atoms with E-state index in [0.29, 0.717) is 19.3 Å². The maximum atomic E-state index is 5.59. The van der Waals surface area contributed by atoms with E-state index in [1.165, 1.54) is 5.56 Å². The van der Waals surface area contributed by atoms with Crippen LogP contribution in [-0.4, -0.2) is 13.4 Å². The Bertz CT molecular complexity index is 359. The quantitative estimate of drug-likeness (QED) is 0.797. The van der Waals surface area contributed by atoms with Crippen molar-refractivity contribution in [3.63, 3.8) is 0 Å². The predicted octanol–water partition coefficient (Wildman–Crippen LogP) is 3.96. The largest absolute Gasteiger partial charge is 0.493 e. The van der Waals surface area contributed by atoms with Gasteiger partial charge in [-0.2, -0.15) is 0 Å². The van der Waals surface area contributed by atoms with E-state index >= 15 is 0 Å². The van der Waals surface area contributed by atoms with Gasteiger partial charge in [0.15, 0.2) is 11.5 Å². The minimum Gasteiger partial charge on any atom is -0.493 e. The van der Waals surface area contributed by atoms with Gasteiger partial charge in [-0.15, -0.1) is 0 Å². The van der Waals surface area contributed by atoms with Crippen molar-refractivity contribution in [1.29, 1.82) is 0 Å². The van der Waals surface area contributed by atoms with E-state index in [9.17, 15) is 0 Å². The second-order valence-electron chi connectivity index (χ2n) is 3.83. The molecule has 2 rings (SSSR count). The van der Waals surface area contributed by atoms with Crippen molar-refractivity contribution in [3.05, 3.63) is 17.7 Å². The van der Waals surface area contributed by atoms with Gasteiger partial charge in [-0.05, 0) is 18.9 Å². The van der Waals surface area contributed by atoms with Gasteiger partial charge in [0.25, 0.3) is 0 Å². The molecule has 1 aromatic carbocycles. The highest BCUT2D eigenvalue weighted by atomic mass is 16.7. The first-order valence-electron chi connectivity index (χ1n) is 6.28. The van der Waals surface area contributed by atoms with Gasteiger partial charge in [-0.25, -0.2) is 0 Å². The molecule has 0 unspecified atom stereocenters. The van der Waals surface area contributed by atoms with Crippen molar-refractivity contribution >= 4 is 0 Å². The van der Waals surface area contributed by atoms with Crippen molar-refractivity contribution in [3.8, 4) is 17.2 Å². The molecule has 1 aromatic rings. The lowest BCUT2D eigenvalue weighted by atomic mass is 10.0. The molecule has 0 amide bonds. The molecule has 1 aliphatic heterocycles. The van der Waals surface area contributed by atoms with E-state index in [1.807, 2.05) is 32.9 Å². The standard InChI is InChI=1S/C12H16O3.C2H6/c1-4-13-10-6-12-11(14-7-15-12)5-9(10)8(2)3;1-2/h5-6,8H,4,7H2,1-3H3;1-2H3. The molecule has 17 heavy (non-hydrogen) atoms. The lowest BCUT2D eigenvalue weighted by Crippen LogP contribution is -1.98. The van der Waals surface area contributed by atoms with Crippen LogP contribution in [0.4, 0.5) is 0 Å². The maximum Gasteiger partial charge on any atom is 0.231 e. The highest BCUT2D eigenvalue weighted by Crippen LogP contribution is 2.40. The first-order chi connectivity index (χ1) is 8.22. The summed E-state index contributed by atoms with van der Waals surface area (Å²) in [5, 5.41) is 0. The van der Waals surface area contributed by atoms with E-state index in [4.69, 9.17) is 14.2 Å². The molecule has 3 nitrogen and oxygen atoms in total. The number of hydrogen-bond donors (Lipinski definition) is 0. The fourth-order valence-corrected chi connectivity index (χ4v) is 1.67. The summed E-state index contributed by atoms with van der Waals surface area (Å²) in [4.78, 5) is 0. The minimum atomic E-state index is 0.308. The van der Waals surface area contributed by atoms with Crippen LogP contribution in [0.1, 0.15) is 46.1 Å². The van der Waals surface area contributed by atoms with Crippen LogP contribution in [0, 0.1) is 0 Å². The first-order valence-corrected chi connectivity index (χ1v) is 6.28. The molecule has 0 fully saturated rings. The average molecular weight is 238 g/mol. The second kappa shape index (κ2) is 6.38. The van der Waals surface area contributed by atoms with Gasteiger partial charge in [0.2, 0.25) is 6.79 Å². The highest BCUT2D eigenvalue weighted by Gasteiger charge is 2.19. The number of fused-ring (bicyclic) bond motifs is 1. The predicted molar refractivity (Wildman–Crippen MR) is 69.2 cm³/mol. The molecule has 0 aromatic heterocycles. The van der Waals surface area contributed by atoms with E-state index in [0.717, 1.165) is 17.2 Å². The molecule has 0 spiro atoms. The minimum absolute atomic E-state index is 0.308. The average Bonchev–Trinajstić information content (AvgIpc) is 2.78. The molecule has 0 radical (unpaired) electrons. The van der Waals surface area contributed by atoms with Gasteiger partial charge < -0.3 is 14.2 Å². The van der Waals surface area contributed by atoms with Gasteiger partial charge >= 0.3 is 0 Å². The van der Waals surface area contributed by atoms with Crippen molar-refractivity contribution < 1.29 is 14.2 Å². The topological polar surface area (TPSA) is 27.7 Å². The van der Waals surface area contributed by atoms with Crippen LogP contribution in [0.3, 0.4) is 0 Å². The third-order valence-corrected chi connectivity index (χ3v) is 2.43. The molecular formula is C14H22O3. The molecule has 1 aliphatic rings. The van der Waals surface area contributed by atoms with Gasteiger partial charge in [0.1, 0.15) is 5.75 Å². The molecule has 1 heterocycles. The van der Waals surface area contributed by atoms with Gasteiger partial charge in [0.05, 0.1) is 6.61 Å². The van der Waals surface area contributed by atoms with E-state index < -0.39 is 0 Å². The molecule has 0 N–H and O–H groups in total. The van der Waals surface area contributed by atoms with Crippen LogP contribution in [0.2, 0.25) is 0 Å². The normalized spacial score (nSPS) is 12.1. The van der Waals surface area contributed by atoms with E-state index in [2.05, 4.69) is 13.8 Å². The van der Waals surface area contributed by atoms with Crippen molar-refractivity contribution in [1.82, 2.24) is 0 Å². The lowest BCUT2D eigenvalue weighted by Gasteiger charge is -2.13. The Labute approximate surface area is 104 Å². The molecule has 0 bridgehead atoms.